The predicted molar refractivity (Wildman–Crippen MR) is 94.5 cm³/mol. The molecule has 3 rings (SSSR count). The zero-order chi connectivity index (χ0) is 20.5. The van der Waals surface area contributed by atoms with Gasteiger partial charge in [-0.2, -0.15) is 18.3 Å². The average Bonchev–Trinajstić information content (AvgIpc) is 3.37. The summed E-state index contributed by atoms with van der Waals surface area (Å²) in [6.07, 6.45) is -0.436. The third kappa shape index (κ3) is 4.02. The third-order valence-electron chi connectivity index (χ3n) is 4.63. The van der Waals surface area contributed by atoms with Crippen LogP contribution in [0, 0.1) is 0 Å². The second kappa shape index (κ2) is 7.65. The van der Waals surface area contributed by atoms with Crippen molar-refractivity contribution in [2.75, 3.05) is 6.54 Å². The normalized spacial score (nSPS) is 14.1. The smallest absolute Gasteiger partial charge is 0.434 e. The summed E-state index contributed by atoms with van der Waals surface area (Å²) in [4.78, 5) is 25.6. The summed E-state index contributed by atoms with van der Waals surface area (Å²) in [5, 5.41) is 12.6. The number of benzene rings is 1. The number of carbonyl (C=O) groups excluding carboxylic acids is 1. The first-order chi connectivity index (χ1) is 13.2. The highest BCUT2D eigenvalue weighted by atomic mass is 19.4. The van der Waals surface area contributed by atoms with Crippen LogP contribution in [0.3, 0.4) is 0 Å². The fraction of sp³-hybridized carbons (Fsp3) is 0.421. The topological polar surface area (TPSA) is 75.4 Å². The molecule has 2 aromatic rings. The Morgan fingerprint density at radius 3 is 2.39 bits per heavy atom. The molecule has 150 valence electrons. The van der Waals surface area contributed by atoms with Crippen molar-refractivity contribution in [3.8, 4) is 5.69 Å². The summed E-state index contributed by atoms with van der Waals surface area (Å²) in [6, 6.07) is 5.81. The van der Waals surface area contributed by atoms with Crippen LogP contribution in [0.15, 0.2) is 30.5 Å². The van der Waals surface area contributed by atoms with E-state index in [0.717, 1.165) is 25.7 Å². The molecular formula is C19H20F3N3O3. The lowest BCUT2D eigenvalue weighted by Gasteiger charge is -2.22. The Labute approximate surface area is 159 Å². The minimum Gasteiger partial charge on any atom is -0.478 e. The number of alkyl halides is 3. The maximum atomic E-state index is 13.3. The molecule has 1 aliphatic carbocycles. The first-order valence-corrected chi connectivity index (χ1v) is 9.04. The van der Waals surface area contributed by atoms with E-state index in [0.29, 0.717) is 23.0 Å². The van der Waals surface area contributed by atoms with Crippen molar-refractivity contribution in [3.63, 3.8) is 0 Å². The van der Waals surface area contributed by atoms with E-state index in [9.17, 15) is 22.8 Å². The van der Waals surface area contributed by atoms with E-state index < -0.39 is 23.4 Å². The molecule has 0 radical (unpaired) electrons. The van der Waals surface area contributed by atoms with Gasteiger partial charge in [0, 0.05) is 18.2 Å². The Morgan fingerprint density at radius 1 is 1.25 bits per heavy atom. The van der Waals surface area contributed by atoms with E-state index in [1.807, 2.05) is 11.8 Å². The number of carboxylic acid groups (broad SMARTS) is 1. The van der Waals surface area contributed by atoms with E-state index in [1.165, 1.54) is 24.3 Å². The monoisotopic (exact) mass is 395 g/mol. The number of hydrogen-bond donors (Lipinski definition) is 1. The van der Waals surface area contributed by atoms with Gasteiger partial charge in [0.2, 0.25) is 0 Å². The van der Waals surface area contributed by atoms with Crippen LogP contribution in [0.1, 0.15) is 59.0 Å². The van der Waals surface area contributed by atoms with Crippen molar-refractivity contribution in [2.45, 2.75) is 44.8 Å². The molecule has 1 aromatic carbocycles. The quantitative estimate of drug-likeness (QED) is 0.769. The van der Waals surface area contributed by atoms with E-state index in [1.54, 1.807) is 0 Å². The van der Waals surface area contributed by atoms with Crippen LogP contribution in [0.5, 0.6) is 0 Å². The van der Waals surface area contributed by atoms with Gasteiger partial charge in [-0.25, -0.2) is 9.48 Å². The van der Waals surface area contributed by atoms with Crippen molar-refractivity contribution < 1.29 is 27.9 Å². The molecule has 0 unspecified atom stereocenters. The lowest BCUT2D eigenvalue weighted by molar-refractivity contribution is -0.143. The van der Waals surface area contributed by atoms with Crippen molar-refractivity contribution in [3.05, 3.63) is 47.3 Å². The fourth-order valence-corrected chi connectivity index (χ4v) is 3.05. The van der Waals surface area contributed by atoms with Crippen molar-refractivity contribution in [1.29, 1.82) is 0 Å². The van der Waals surface area contributed by atoms with Crippen LogP contribution in [-0.4, -0.2) is 44.3 Å². The molecule has 0 spiro atoms. The number of carbonyl (C=O) groups is 2. The van der Waals surface area contributed by atoms with E-state index in [2.05, 4.69) is 5.10 Å². The molecule has 0 saturated heterocycles. The van der Waals surface area contributed by atoms with Gasteiger partial charge in [-0.1, -0.05) is 13.3 Å². The number of aromatic carboxylic acids is 1. The molecule has 1 heterocycles. The summed E-state index contributed by atoms with van der Waals surface area (Å²) in [6.45, 7) is 2.69. The highest BCUT2D eigenvalue weighted by molar-refractivity contribution is 5.95. The Hall–Kier alpha value is -2.84. The van der Waals surface area contributed by atoms with Crippen molar-refractivity contribution >= 4 is 11.9 Å². The first-order valence-electron chi connectivity index (χ1n) is 9.04. The van der Waals surface area contributed by atoms with E-state index in [4.69, 9.17) is 5.11 Å². The molecule has 1 fully saturated rings. The number of carboxylic acids is 1. The number of unbranched alkanes of at least 4 members (excludes halogenated alkanes) is 1. The largest absolute Gasteiger partial charge is 0.478 e. The zero-order valence-electron chi connectivity index (χ0n) is 15.2. The van der Waals surface area contributed by atoms with Crippen molar-refractivity contribution in [1.82, 2.24) is 14.7 Å². The lowest BCUT2D eigenvalue weighted by Crippen LogP contribution is -2.34. The van der Waals surface area contributed by atoms with Crippen LogP contribution in [0.25, 0.3) is 5.69 Å². The molecular weight excluding hydrogens is 375 g/mol. The molecule has 28 heavy (non-hydrogen) atoms. The molecule has 1 saturated carbocycles. The molecule has 9 heteroatoms. The molecule has 6 nitrogen and oxygen atoms in total. The average molecular weight is 395 g/mol. The van der Waals surface area contributed by atoms with Crippen LogP contribution in [0.4, 0.5) is 13.2 Å². The molecule has 1 aromatic heterocycles. The second-order valence-electron chi connectivity index (χ2n) is 6.75. The fourth-order valence-electron chi connectivity index (χ4n) is 3.05. The second-order valence-corrected chi connectivity index (χ2v) is 6.75. The van der Waals surface area contributed by atoms with Gasteiger partial charge in [-0.3, -0.25) is 4.79 Å². The maximum absolute atomic E-state index is 13.3. The highest BCUT2D eigenvalue weighted by Crippen LogP contribution is 2.34. The van der Waals surface area contributed by atoms with Gasteiger partial charge >= 0.3 is 12.1 Å². The van der Waals surface area contributed by atoms with Crippen LogP contribution in [-0.2, 0) is 6.18 Å². The summed E-state index contributed by atoms with van der Waals surface area (Å²) in [5.41, 5.74) is -1.87. The maximum Gasteiger partial charge on any atom is 0.434 e. The van der Waals surface area contributed by atoms with Gasteiger partial charge in [0.1, 0.15) is 5.56 Å². The van der Waals surface area contributed by atoms with Crippen molar-refractivity contribution in [2.24, 2.45) is 0 Å². The van der Waals surface area contributed by atoms with Gasteiger partial charge in [0.25, 0.3) is 5.91 Å². The molecule has 0 atom stereocenters. The Bertz CT molecular complexity index is 871. The third-order valence-corrected chi connectivity index (χ3v) is 4.63. The highest BCUT2D eigenvalue weighted by Gasteiger charge is 2.40. The standard InChI is InChI=1S/C19H20F3N3O3/c1-2-3-10-24(13-8-9-13)17(26)12-4-6-14(7-5-12)25-16(19(20,21)22)15(11-23-25)18(27)28/h4-7,11,13H,2-3,8-10H2,1H3,(H,27,28). The van der Waals surface area contributed by atoms with Gasteiger partial charge in [-0.15, -0.1) is 0 Å². The summed E-state index contributed by atoms with van der Waals surface area (Å²) in [5.74, 6) is -1.85. The summed E-state index contributed by atoms with van der Waals surface area (Å²) >= 11 is 0. The number of aromatic nitrogens is 2. The van der Waals surface area contributed by atoms with E-state index in [-0.39, 0.29) is 17.6 Å². The number of amides is 1. The minimum absolute atomic E-state index is 0.0305. The first kappa shape index (κ1) is 19.9. The minimum atomic E-state index is -4.89. The van der Waals surface area contributed by atoms with Gasteiger partial charge < -0.3 is 10.0 Å². The molecule has 1 aliphatic rings. The Morgan fingerprint density at radius 2 is 1.89 bits per heavy atom. The molecule has 0 aliphatic heterocycles. The SMILES string of the molecule is CCCCN(C(=O)c1ccc(-n2ncc(C(=O)O)c2C(F)(F)F)cc1)C1CC1. The number of hydrogen-bond acceptors (Lipinski definition) is 3. The Balaban J connectivity index is 1.89. The van der Waals surface area contributed by atoms with Gasteiger partial charge in [0.05, 0.1) is 11.9 Å². The zero-order valence-corrected chi connectivity index (χ0v) is 15.2. The lowest BCUT2D eigenvalue weighted by atomic mass is 10.1. The van der Waals surface area contributed by atoms with Crippen LogP contribution < -0.4 is 0 Å². The number of rotatable bonds is 7. The Kier molecular flexibility index (Phi) is 5.44. The van der Waals surface area contributed by atoms with Gasteiger partial charge in [-0.05, 0) is 43.5 Å². The molecule has 1 amide bonds. The predicted octanol–water partition coefficient (Wildman–Crippen LogP) is 3.99. The molecule has 0 bridgehead atoms. The van der Waals surface area contributed by atoms with E-state index >= 15 is 0 Å². The van der Waals surface area contributed by atoms with Crippen LogP contribution in [0.2, 0.25) is 0 Å². The van der Waals surface area contributed by atoms with Gasteiger partial charge in [0.15, 0.2) is 5.69 Å². The number of nitrogens with zero attached hydrogens (tertiary/aromatic N) is 3. The van der Waals surface area contributed by atoms with Crippen LogP contribution >= 0.6 is 0 Å². The summed E-state index contributed by atoms with van der Waals surface area (Å²) in [7, 11) is 0. The number of halogens is 3. The summed E-state index contributed by atoms with van der Waals surface area (Å²) < 4.78 is 40.5. The molecule has 1 N–H and O–H groups in total.